The molecule has 1 N–H and O–H groups in total. The number of alkyl halides is 3. The maximum Gasteiger partial charge on any atom is 0.449 e. The molecule has 0 aliphatic carbocycles. The number of rotatable bonds is 24. The van der Waals surface area contributed by atoms with Crippen molar-refractivity contribution >= 4 is 58.2 Å². The highest BCUT2D eigenvalue weighted by atomic mass is 35.5. The summed E-state index contributed by atoms with van der Waals surface area (Å²) in [6.07, 6.45) is -2.77. The molecule has 6 rings (SSSR count). The van der Waals surface area contributed by atoms with Crippen LogP contribution < -0.4 is 9.47 Å². The van der Waals surface area contributed by atoms with Gasteiger partial charge in [-0.1, -0.05) is 119 Å². The van der Waals surface area contributed by atoms with Crippen molar-refractivity contribution in [3.8, 4) is 11.5 Å². The monoisotopic (exact) mass is 1020 g/mol. The minimum absolute atomic E-state index is 0.0454. The first-order valence-corrected chi connectivity index (χ1v) is 24.2. The quantitative estimate of drug-likeness (QED) is 0.0647. The zero-order valence-electron chi connectivity index (χ0n) is 38.6. The van der Waals surface area contributed by atoms with E-state index in [-0.39, 0.29) is 24.7 Å². The SMILES string of the molecule is CN(CCOc1ccc(CCC(=O)C(F)(F)F)cc1)CCC(c1ccc(Cl)cc1)c1ccc(Cl)cc1.CN(CCOc1ccc(CCC(=O)O)cc1)CCC(c1ccc(Cl)cc1)c1ccc(Cl)cc1. The molecule has 0 amide bonds. The van der Waals surface area contributed by atoms with Crippen molar-refractivity contribution in [3.05, 3.63) is 199 Å². The number of hydrogen-bond donors (Lipinski definition) is 1. The van der Waals surface area contributed by atoms with Gasteiger partial charge in [-0.15, -0.1) is 0 Å². The van der Waals surface area contributed by atoms with Gasteiger partial charge in [0.05, 0.1) is 0 Å². The predicted octanol–water partition coefficient (Wildman–Crippen LogP) is 14.1. The van der Waals surface area contributed by atoms with Crippen LogP contribution in [-0.4, -0.2) is 86.3 Å². The van der Waals surface area contributed by atoms with E-state index in [1.807, 2.05) is 104 Å². The Morgan fingerprint density at radius 1 is 0.493 bits per heavy atom. The van der Waals surface area contributed by atoms with Crippen molar-refractivity contribution in [2.45, 2.75) is 56.5 Å². The number of carboxylic acids is 1. The number of carbonyl (C=O) groups excluding carboxylic acids is 1. The van der Waals surface area contributed by atoms with Gasteiger partial charge in [-0.3, -0.25) is 9.59 Å². The topological polar surface area (TPSA) is 79.3 Å². The third kappa shape index (κ3) is 19.7. The highest BCUT2D eigenvalue weighted by molar-refractivity contribution is 6.31. The highest BCUT2D eigenvalue weighted by Crippen LogP contribution is 2.32. The van der Waals surface area contributed by atoms with Crippen molar-refractivity contribution in [3.63, 3.8) is 0 Å². The van der Waals surface area contributed by atoms with Gasteiger partial charge in [0.1, 0.15) is 24.7 Å². The van der Waals surface area contributed by atoms with Crippen molar-refractivity contribution in [2.24, 2.45) is 0 Å². The minimum atomic E-state index is -4.78. The maximum atomic E-state index is 12.3. The summed E-state index contributed by atoms with van der Waals surface area (Å²) in [4.78, 5) is 26.2. The van der Waals surface area contributed by atoms with Crippen LogP contribution in [0.3, 0.4) is 0 Å². The highest BCUT2D eigenvalue weighted by Gasteiger charge is 2.37. The Labute approximate surface area is 423 Å². The number of ether oxygens (including phenoxy) is 2. The molecule has 69 heavy (non-hydrogen) atoms. The van der Waals surface area contributed by atoms with E-state index in [2.05, 4.69) is 41.1 Å². The second kappa shape index (κ2) is 27.9. The molecule has 0 spiro atoms. The van der Waals surface area contributed by atoms with E-state index >= 15 is 0 Å². The second-order valence-electron chi connectivity index (χ2n) is 16.8. The summed E-state index contributed by atoms with van der Waals surface area (Å²) >= 11 is 24.3. The molecule has 0 fully saturated rings. The number of likely N-dealkylation sites (N-methyl/N-ethyl adjacent to an activating group) is 2. The number of aryl methyl sites for hydroxylation is 2. The van der Waals surface area contributed by atoms with Gasteiger partial charge in [0.15, 0.2) is 0 Å². The number of benzene rings is 6. The first-order valence-electron chi connectivity index (χ1n) is 22.7. The molecular formula is C55H57Cl4F3N2O5. The number of carbonyl (C=O) groups is 2. The van der Waals surface area contributed by atoms with E-state index in [0.29, 0.717) is 47.5 Å². The normalized spacial score (nSPS) is 11.5. The standard InChI is InChI=1S/C28H28Cl2F3NO2.C27H29Cl2NO3/c1-34(18-19-36-25-13-2-20(3-14-25)4-15-27(35)28(31,32)33)17-16-26(21-5-9-23(29)10-6-21)22-7-11-24(30)12-8-22;1-30(18-19-33-25-13-2-20(3-14-25)4-15-27(31)32)17-16-26(21-5-9-23(28)10-6-21)22-7-11-24(29)12-8-22/h2-3,5-14,26H,4,15-19H2,1H3;2-3,5-14,26H,4,15-19H2,1H3,(H,31,32). The van der Waals surface area contributed by atoms with Gasteiger partial charge in [-0.05, 0) is 159 Å². The van der Waals surface area contributed by atoms with Crippen LogP contribution in [0.15, 0.2) is 146 Å². The fourth-order valence-corrected chi connectivity index (χ4v) is 8.05. The third-order valence-corrected chi connectivity index (χ3v) is 12.6. The van der Waals surface area contributed by atoms with Crippen molar-refractivity contribution in [1.82, 2.24) is 9.80 Å². The van der Waals surface area contributed by atoms with Crippen LogP contribution in [0.1, 0.15) is 70.9 Å². The van der Waals surface area contributed by atoms with Gasteiger partial charge < -0.3 is 24.4 Å². The molecule has 0 aromatic heterocycles. The fourth-order valence-electron chi connectivity index (χ4n) is 7.55. The Bertz CT molecular complexity index is 2370. The largest absolute Gasteiger partial charge is 0.492 e. The van der Waals surface area contributed by atoms with Crippen LogP contribution in [0.4, 0.5) is 13.2 Å². The van der Waals surface area contributed by atoms with Gasteiger partial charge in [0.25, 0.3) is 0 Å². The molecule has 366 valence electrons. The number of aliphatic carboxylic acids is 1. The molecule has 0 radical (unpaired) electrons. The van der Waals surface area contributed by atoms with Crippen molar-refractivity contribution in [1.29, 1.82) is 0 Å². The average Bonchev–Trinajstić information content (AvgIpc) is 3.33. The molecule has 6 aromatic rings. The first-order chi connectivity index (χ1) is 33.0. The molecule has 0 aliphatic heterocycles. The Hall–Kier alpha value is -5.07. The minimum Gasteiger partial charge on any atom is -0.492 e. The molecule has 0 bridgehead atoms. The smallest absolute Gasteiger partial charge is 0.449 e. The molecule has 0 aliphatic rings. The summed E-state index contributed by atoms with van der Waals surface area (Å²) in [6.45, 7) is 4.30. The molecule has 6 aromatic carbocycles. The maximum absolute atomic E-state index is 12.3. The van der Waals surface area contributed by atoms with E-state index in [1.54, 1.807) is 24.3 Å². The summed E-state index contributed by atoms with van der Waals surface area (Å²) in [6, 6.07) is 46.3. The van der Waals surface area contributed by atoms with Crippen LogP contribution in [-0.2, 0) is 22.4 Å². The number of ketones is 1. The Balaban J connectivity index is 0.000000258. The summed E-state index contributed by atoms with van der Waals surface area (Å²) in [5.74, 6) is -0.619. The van der Waals surface area contributed by atoms with E-state index in [9.17, 15) is 22.8 Å². The summed E-state index contributed by atoms with van der Waals surface area (Å²) in [7, 11) is 4.13. The molecule has 0 saturated carbocycles. The summed E-state index contributed by atoms with van der Waals surface area (Å²) in [5.41, 5.74) is 6.49. The molecule has 0 atom stereocenters. The van der Waals surface area contributed by atoms with Crippen molar-refractivity contribution < 1.29 is 37.3 Å². The molecule has 0 unspecified atom stereocenters. The zero-order chi connectivity index (χ0) is 49.8. The van der Waals surface area contributed by atoms with E-state index < -0.39 is 24.3 Å². The van der Waals surface area contributed by atoms with Crippen molar-refractivity contribution in [2.75, 3.05) is 53.5 Å². The second-order valence-corrected chi connectivity index (χ2v) is 18.5. The number of Topliss-reactive ketones (excluding diaryl/α,β-unsaturated/α-hetero) is 1. The number of halogens is 7. The lowest BCUT2D eigenvalue weighted by molar-refractivity contribution is -0.171. The van der Waals surface area contributed by atoms with Gasteiger partial charge in [0.2, 0.25) is 5.78 Å². The first kappa shape index (κ1) is 54.9. The number of carboxylic acid groups (broad SMARTS) is 1. The molecule has 0 saturated heterocycles. The van der Waals surface area contributed by atoms with E-state index in [0.717, 1.165) is 53.8 Å². The lowest BCUT2D eigenvalue weighted by Gasteiger charge is -2.23. The Morgan fingerprint density at radius 2 is 0.797 bits per heavy atom. The predicted molar refractivity (Wildman–Crippen MR) is 273 cm³/mol. The molecule has 0 heterocycles. The van der Waals surface area contributed by atoms with Gasteiger partial charge in [-0.25, -0.2) is 0 Å². The number of nitrogens with zero attached hydrogens (tertiary/aromatic N) is 2. The Kier molecular flexibility index (Phi) is 22.2. The van der Waals surface area contributed by atoms with Crippen LogP contribution >= 0.6 is 46.4 Å². The van der Waals surface area contributed by atoms with Crippen LogP contribution in [0.5, 0.6) is 11.5 Å². The fraction of sp³-hybridized carbons (Fsp3) is 0.309. The summed E-state index contributed by atoms with van der Waals surface area (Å²) < 4.78 is 48.7. The van der Waals surface area contributed by atoms with Gasteiger partial charge in [0, 0.05) is 57.9 Å². The molecule has 14 heteroatoms. The van der Waals surface area contributed by atoms with E-state index in [4.69, 9.17) is 61.0 Å². The van der Waals surface area contributed by atoms with Crippen LogP contribution in [0.2, 0.25) is 20.1 Å². The van der Waals surface area contributed by atoms with Crippen LogP contribution in [0, 0.1) is 0 Å². The summed E-state index contributed by atoms with van der Waals surface area (Å²) in [5, 5.41) is 11.7. The lowest BCUT2D eigenvalue weighted by Crippen LogP contribution is -2.26. The van der Waals surface area contributed by atoms with Crippen LogP contribution in [0.25, 0.3) is 0 Å². The zero-order valence-corrected chi connectivity index (χ0v) is 41.6. The average molecular weight is 1020 g/mol. The Morgan fingerprint density at radius 3 is 1.09 bits per heavy atom. The number of hydrogen-bond acceptors (Lipinski definition) is 6. The third-order valence-electron chi connectivity index (χ3n) is 11.6. The van der Waals surface area contributed by atoms with Gasteiger partial charge in [-0.2, -0.15) is 13.2 Å². The van der Waals surface area contributed by atoms with Gasteiger partial charge >= 0.3 is 12.1 Å². The lowest BCUT2D eigenvalue weighted by atomic mass is 9.88. The molecular weight excluding hydrogens is 967 g/mol. The van der Waals surface area contributed by atoms with E-state index in [1.165, 1.54) is 22.3 Å². The molecule has 7 nitrogen and oxygen atoms in total.